The van der Waals surface area contributed by atoms with Gasteiger partial charge in [0.05, 0.1) is 26.5 Å². The third kappa shape index (κ3) is 6.86. The van der Waals surface area contributed by atoms with Gasteiger partial charge in [-0.05, 0) is 36.2 Å². The molecule has 34 heavy (non-hydrogen) atoms. The number of aliphatic imine (C=N–C) groups is 1. The van der Waals surface area contributed by atoms with Crippen molar-refractivity contribution in [1.82, 2.24) is 20.5 Å². The van der Waals surface area contributed by atoms with E-state index in [-0.39, 0.29) is 24.0 Å². The van der Waals surface area contributed by atoms with Crippen molar-refractivity contribution in [3.63, 3.8) is 0 Å². The second-order valence-electron chi connectivity index (χ2n) is 8.02. The molecule has 182 valence electrons. The van der Waals surface area contributed by atoms with Crippen LogP contribution in [0.3, 0.4) is 0 Å². The fraction of sp³-hybridized carbons (Fsp3) is 0.360. The molecule has 0 amide bonds. The van der Waals surface area contributed by atoms with Crippen LogP contribution in [-0.2, 0) is 13.1 Å². The second-order valence-corrected chi connectivity index (χ2v) is 8.02. The van der Waals surface area contributed by atoms with Gasteiger partial charge in [0.25, 0.3) is 0 Å². The zero-order valence-electron chi connectivity index (χ0n) is 19.8. The van der Waals surface area contributed by atoms with Gasteiger partial charge in [-0.3, -0.25) is 9.89 Å². The molecule has 2 heterocycles. The third-order valence-electron chi connectivity index (χ3n) is 5.66. The zero-order chi connectivity index (χ0) is 23.0. The number of hydrogen-bond acceptors (Lipinski definition) is 6. The Morgan fingerprint density at radius 3 is 2.56 bits per heavy atom. The first-order chi connectivity index (χ1) is 16.2. The maximum atomic E-state index is 5.62. The molecule has 4 rings (SSSR count). The van der Waals surface area contributed by atoms with Gasteiger partial charge in [-0.2, -0.15) is 0 Å². The summed E-state index contributed by atoms with van der Waals surface area (Å²) in [6.07, 6.45) is 2.73. The molecule has 1 aromatic heterocycles. The predicted molar refractivity (Wildman–Crippen MR) is 144 cm³/mol. The van der Waals surface area contributed by atoms with Crippen molar-refractivity contribution in [2.24, 2.45) is 4.99 Å². The molecule has 0 bridgehead atoms. The van der Waals surface area contributed by atoms with Crippen molar-refractivity contribution in [2.75, 3.05) is 34.4 Å². The minimum absolute atomic E-state index is 0. The smallest absolute Gasteiger partial charge is 0.226 e. The van der Waals surface area contributed by atoms with E-state index in [4.69, 9.17) is 13.9 Å². The SMILES string of the molecule is CN=C(NCc1coc(-c2ccccc2)n1)NC1CCN(Cc2cc(OC)cc(OC)c2)C1.I. The number of oxazole rings is 1. The van der Waals surface area contributed by atoms with Crippen LogP contribution in [0.2, 0.25) is 0 Å². The molecule has 1 unspecified atom stereocenters. The van der Waals surface area contributed by atoms with E-state index in [1.807, 2.05) is 36.4 Å². The fourth-order valence-electron chi connectivity index (χ4n) is 3.97. The van der Waals surface area contributed by atoms with Crippen molar-refractivity contribution in [3.05, 3.63) is 66.1 Å². The van der Waals surface area contributed by atoms with E-state index in [1.54, 1.807) is 27.5 Å². The summed E-state index contributed by atoms with van der Waals surface area (Å²) in [6, 6.07) is 16.2. The molecule has 9 heteroatoms. The maximum absolute atomic E-state index is 5.62. The largest absolute Gasteiger partial charge is 0.497 e. The predicted octanol–water partition coefficient (Wildman–Crippen LogP) is 3.92. The van der Waals surface area contributed by atoms with Gasteiger partial charge in [-0.25, -0.2) is 4.98 Å². The Morgan fingerprint density at radius 2 is 1.88 bits per heavy atom. The standard InChI is InChI=1S/C25H31N5O3.HI/c1-26-25(27-14-21-17-33-24(28-21)19-7-5-4-6-8-19)29-20-9-10-30(16-20)15-18-11-22(31-2)13-23(12-18)32-3;/h4-8,11-13,17,20H,9-10,14-16H2,1-3H3,(H2,26,27,29);1H. The lowest BCUT2D eigenvalue weighted by molar-refractivity contribution is 0.321. The van der Waals surface area contributed by atoms with Crippen LogP contribution in [0.5, 0.6) is 11.5 Å². The minimum atomic E-state index is 0. The normalized spacial score (nSPS) is 16.1. The van der Waals surface area contributed by atoms with Crippen LogP contribution in [0.4, 0.5) is 0 Å². The number of halogens is 1. The van der Waals surface area contributed by atoms with Crippen LogP contribution in [-0.4, -0.2) is 56.2 Å². The van der Waals surface area contributed by atoms with Gasteiger partial charge >= 0.3 is 0 Å². The van der Waals surface area contributed by atoms with Crippen LogP contribution in [0, 0.1) is 0 Å². The number of hydrogen-bond donors (Lipinski definition) is 2. The summed E-state index contributed by atoms with van der Waals surface area (Å²) >= 11 is 0. The van der Waals surface area contributed by atoms with Gasteiger partial charge < -0.3 is 24.5 Å². The first kappa shape index (κ1) is 25.8. The zero-order valence-corrected chi connectivity index (χ0v) is 22.1. The van der Waals surface area contributed by atoms with Gasteiger partial charge in [0, 0.05) is 44.4 Å². The third-order valence-corrected chi connectivity index (χ3v) is 5.66. The van der Waals surface area contributed by atoms with E-state index in [0.717, 1.165) is 54.8 Å². The number of aromatic nitrogens is 1. The van der Waals surface area contributed by atoms with Crippen molar-refractivity contribution in [2.45, 2.75) is 25.6 Å². The molecule has 0 spiro atoms. The molecule has 1 atom stereocenters. The lowest BCUT2D eigenvalue weighted by atomic mass is 10.2. The number of nitrogens with one attached hydrogen (secondary N) is 2. The number of nitrogens with zero attached hydrogens (tertiary/aromatic N) is 3. The Kier molecular flexibility index (Phi) is 9.58. The van der Waals surface area contributed by atoms with Crippen LogP contribution in [0.25, 0.3) is 11.5 Å². The lowest BCUT2D eigenvalue weighted by Gasteiger charge is -2.19. The highest BCUT2D eigenvalue weighted by Crippen LogP contribution is 2.24. The van der Waals surface area contributed by atoms with E-state index in [2.05, 4.69) is 37.6 Å². The Morgan fingerprint density at radius 1 is 1.15 bits per heavy atom. The molecule has 1 fully saturated rings. The van der Waals surface area contributed by atoms with Crippen LogP contribution >= 0.6 is 24.0 Å². The average molecular weight is 577 g/mol. The Hall–Kier alpha value is -2.79. The monoisotopic (exact) mass is 577 g/mol. The molecule has 0 saturated carbocycles. The number of benzene rings is 2. The minimum Gasteiger partial charge on any atom is -0.497 e. The van der Waals surface area contributed by atoms with Gasteiger partial charge in [-0.15, -0.1) is 24.0 Å². The molecule has 3 aromatic rings. The fourth-order valence-corrected chi connectivity index (χ4v) is 3.97. The maximum Gasteiger partial charge on any atom is 0.226 e. The van der Waals surface area contributed by atoms with Gasteiger partial charge in [0.2, 0.25) is 5.89 Å². The average Bonchev–Trinajstić information content (AvgIpc) is 3.51. The van der Waals surface area contributed by atoms with E-state index in [9.17, 15) is 0 Å². The van der Waals surface area contributed by atoms with Gasteiger partial charge in [0.1, 0.15) is 17.8 Å². The number of likely N-dealkylation sites (tertiary alicyclic amines) is 1. The highest BCUT2D eigenvalue weighted by molar-refractivity contribution is 14.0. The summed E-state index contributed by atoms with van der Waals surface area (Å²) < 4.78 is 16.4. The van der Waals surface area contributed by atoms with Crippen LogP contribution < -0.4 is 20.1 Å². The molecule has 2 aromatic carbocycles. The van der Waals surface area contributed by atoms with Crippen molar-refractivity contribution in [3.8, 4) is 23.0 Å². The van der Waals surface area contributed by atoms with Crippen molar-refractivity contribution in [1.29, 1.82) is 0 Å². The molecule has 0 radical (unpaired) electrons. The molecular formula is C25H32IN5O3. The quantitative estimate of drug-likeness (QED) is 0.239. The summed E-state index contributed by atoms with van der Waals surface area (Å²) in [5.74, 6) is 3.00. The summed E-state index contributed by atoms with van der Waals surface area (Å²) in [5, 5.41) is 6.86. The lowest BCUT2D eigenvalue weighted by Crippen LogP contribution is -2.44. The van der Waals surface area contributed by atoms with Crippen LogP contribution in [0.1, 0.15) is 17.7 Å². The second kappa shape index (κ2) is 12.6. The summed E-state index contributed by atoms with van der Waals surface area (Å²) in [6.45, 7) is 3.33. The molecule has 1 aliphatic heterocycles. The molecule has 1 saturated heterocycles. The summed E-state index contributed by atoms with van der Waals surface area (Å²) in [4.78, 5) is 11.4. The van der Waals surface area contributed by atoms with E-state index >= 15 is 0 Å². The highest BCUT2D eigenvalue weighted by atomic mass is 127. The number of rotatable bonds is 8. The van der Waals surface area contributed by atoms with Crippen molar-refractivity contribution >= 4 is 29.9 Å². The van der Waals surface area contributed by atoms with Gasteiger partial charge in [0.15, 0.2) is 5.96 Å². The molecule has 1 aliphatic rings. The van der Waals surface area contributed by atoms with E-state index in [1.165, 1.54) is 5.56 Å². The van der Waals surface area contributed by atoms with E-state index < -0.39 is 0 Å². The molecule has 8 nitrogen and oxygen atoms in total. The number of methoxy groups -OCH3 is 2. The van der Waals surface area contributed by atoms with Crippen LogP contribution in [0.15, 0.2) is 64.2 Å². The molecule has 2 N–H and O–H groups in total. The molecular weight excluding hydrogens is 545 g/mol. The topological polar surface area (TPSA) is 84.2 Å². The summed E-state index contributed by atoms with van der Waals surface area (Å²) in [5.41, 5.74) is 2.97. The number of guanidine groups is 1. The van der Waals surface area contributed by atoms with Crippen molar-refractivity contribution < 1.29 is 13.9 Å². The Labute approximate surface area is 217 Å². The van der Waals surface area contributed by atoms with E-state index in [0.29, 0.717) is 18.5 Å². The first-order valence-electron chi connectivity index (χ1n) is 11.1. The Balaban J connectivity index is 0.00000324. The molecule has 0 aliphatic carbocycles. The summed E-state index contributed by atoms with van der Waals surface area (Å²) in [7, 11) is 5.13. The number of ether oxygens (including phenoxy) is 2. The first-order valence-corrected chi connectivity index (χ1v) is 11.1. The van der Waals surface area contributed by atoms with Gasteiger partial charge in [-0.1, -0.05) is 18.2 Å². The Bertz CT molecular complexity index is 1050. The highest BCUT2D eigenvalue weighted by Gasteiger charge is 2.23.